The molecular formula is C48H93NO10. The van der Waals surface area contributed by atoms with Gasteiger partial charge in [0.05, 0.1) is 25.4 Å². The van der Waals surface area contributed by atoms with Crippen molar-refractivity contribution < 1.29 is 50.0 Å². The van der Waals surface area contributed by atoms with E-state index in [2.05, 4.69) is 31.3 Å². The van der Waals surface area contributed by atoms with Crippen molar-refractivity contribution in [2.45, 2.75) is 274 Å². The van der Waals surface area contributed by atoms with Crippen LogP contribution < -0.4 is 5.32 Å². The van der Waals surface area contributed by atoms with Crippen molar-refractivity contribution in [1.29, 1.82) is 0 Å². The maximum absolute atomic E-state index is 13.1. The Morgan fingerprint density at radius 3 is 1.46 bits per heavy atom. The van der Waals surface area contributed by atoms with Crippen molar-refractivity contribution in [3.05, 3.63) is 12.2 Å². The second-order valence-corrected chi connectivity index (χ2v) is 17.5. The molecule has 1 aliphatic heterocycles. The Morgan fingerprint density at radius 1 is 0.576 bits per heavy atom. The molecule has 8 N–H and O–H groups in total. The van der Waals surface area contributed by atoms with E-state index >= 15 is 0 Å². The van der Waals surface area contributed by atoms with Gasteiger partial charge in [-0.15, -0.1) is 0 Å². The zero-order valence-electron chi connectivity index (χ0n) is 37.7. The first-order valence-corrected chi connectivity index (χ1v) is 24.6. The largest absolute Gasteiger partial charge is 0.394 e. The number of aliphatic hydroxyl groups is 7. The summed E-state index contributed by atoms with van der Waals surface area (Å²) in [6.45, 7) is 3.44. The second kappa shape index (κ2) is 38.5. The van der Waals surface area contributed by atoms with Gasteiger partial charge in [-0.2, -0.15) is 0 Å². The van der Waals surface area contributed by atoms with Crippen LogP contribution in [0.2, 0.25) is 0 Å². The predicted octanol–water partition coefficient (Wildman–Crippen LogP) is 8.45. The molecular weight excluding hydrogens is 751 g/mol. The molecule has 1 fully saturated rings. The molecule has 0 saturated carbocycles. The van der Waals surface area contributed by atoms with E-state index in [0.717, 1.165) is 38.5 Å². The smallest absolute Gasteiger partial charge is 0.249 e. The molecule has 350 valence electrons. The number of nitrogens with one attached hydrogen (secondary N) is 1. The maximum atomic E-state index is 13.1. The summed E-state index contributed by atoms with van der Waals surface area (Å²) < 4.78 is 11.1. The van der Waals surface area contributed by atoms with E-state index in [9.17, 15) is 40.5 Å². The first-order chi connectivity index (χ1) is 28.7. The maximum Gasteiger partial charge on any atom is 0.249 e. The number of carbonyl (C=O) groups excluding carboxylic acids is 1. The first-order valence-electron chi connectivity index (χ1n) is 24.6. The summed E-state index contributed by atoms with van der Waals surface area (Å²) in [4.78, 5) is 13.1. The third kappa shape index (κ3) is 28.2. The molecule has 1 amide bonds. The molecule has 1 aliphatic rings. The number of hydrogen-bond acceptors (Lipinski definition) is 10. The van der Waals surface area contributed by atoms with E-state index < -0.39 is 74.2 Å². The molecule has 0 aliphatic carbocycles. The standard InChI is InChI=1S/C48H93NO10/c1-3-5-7-9-11-13-15-17-19-20-21-22-24-25-27-29-31-33-35-40(51)43(53)39(38-58-48-46(56)45(55)44(54)42(37-50)59-48)49-47(57)41(52)36-34-32-30-28-26-23-18-16-14-12-10-8-6-4-2/h27,29,39-46,48,50-56H,3-26,28,30-38H2,1-2H3,(H,49,57)/b29-27+. The zero-order valence-corrected chi connectivity index (χ0v) is 37.7. The summed E-state index contributed by atoms with van der Waals surface area (Å²) in [6, 6.07) is -1.18. The highest BCUT2D eigenvalue weighted by molar-refractivity contribution is 5.80. The number of ether oxygens (including phenoxy) is 2. The van der Waals surface area contributed by atoms with E-state index in [-0.39, 0.29) is 12.8 Å². The molecule has 11 nitrogen and oxygen atoms in total. The molecule has 0 aromatic carbocycles. The highest BCUT2D eigenvalue weighted by Crippen LogP contribution is 2.23. The summed E-state index contributed by atoms with van der Waals surface area (Å²) in [6.07, 6.45) is 29.7. The second-order valence-electron chi connectivity index (χ2n) is 17.5. The molecule has 1 heterocycles. The zero-order chi connectivity index (χ0) is 43.4. The Labute approximate surface area is 360 Å². The summed E-state index contributed by atoms with van der Waals surface area (Å²) in [5, 5.41) is 75.7. The van der Waals surface area contributed by atoms with Crippen LogP contribution in [0.1, 0.15) is 219 Å². The normalized spacial score (nSPS) is 21.8. The Hall–Kier alpha value is -1.15. The number of aliphatic hydroxyl groups excluding tert-OH is 7. The van der Waals surface area contributed by atoms with Crippen molar-refractivity contribution in [3.8, 4) is 0 Å². The fourth-order valence-corrected chi connectivity index (χ4v) is 7.97. The van der Waals surface area contributed by atoms with Crippen molar-refractivity contribution in [1.82, 2.24) is 5.32 Å². The van der Waals surface area contributed by atoms with Gasteiger partial charge in [0.25, 0.3) is 0 Å². The molecule has 0 aromatic heterocycles. The first kappa shape index (κ1) is 55.9. The van der Waals surface area contributed by atoms with Crippen molar-refractivity contribution in [2.75, 3.05) is 13.2 Å². The molecule has 0 spiro atoms. The number of unbranched alkanes of at least 4 members (excludes halogenated alkanes) is 27. The van der Waals surface area contributed by atoms with Gasteiger partial charge in [-0.1, -0.05) is 193 Å². The lowest BCUT2D eigenvalue weighted by atomic mass is 9.98. The lowest BCUT2D eigenvalue weighted by Crippen LogP contribution is -2.60. The SMILES string of the molecule is CCCCCCCCCCCCCCC/C=C/CCCC(O)C(O)C(COC1OC(CO)C(O)C(O)C1O)NC(=O)C(O)CCCCCCCCCCCCCCCC. The average molecular weight is 844 g/mol. The van der Waals surface area contributed by atoms with Crippen LogP contribution in [0, 0.1) is 0 Å². The van der Waals surface area contributed by atoms with Crippen LogP contribution in [0.5, 0.6) is 0 Å². The molecule has 11 heteroatoms. The molecule has 59 heavy (non-hydrogen) atoms. The average Bonchev–Trinajstić information content (AvgIpc) is 3.23. The summed E-state index contributed by atoms with van der Waals surface area (Å²) in [5.74, 6) is -0.704. The van der Waals surface area contributed by atoms with Crippen LogP contribution >= 0.6 is 0 Å². The molecule has 1 saturated heterocycles. The van der Waals surface area contributed by atoms with Crippen LogP contribution in [-0.2, 0) is 14.3 Å². The van der Waals surface area contributed by atoms with Crippen LogP contribution in [0.3, 0.4) is 0 Å². The summed E-state index contributed by atoms with van der Waals surface area (Å²) in [7, 11) is 0. The Morgan fingerprint density at radius 2 is 1.00 bits per heavy atom. The predicted molar refractivity (Wildman–Crippen MR) is 238 cm³/mol. The van der Waals surface area contributed by atoms with Gasteiger partial charge in [-0.25, -0.2) is 0 Å². The van der Waals surface area contributed by atoms with Crippen molar-refractivity contribution >= 4 is 5.91 Å². The number of carbonyl (C=O) groups is 1. The monoisotopic (exact) mass is 844 g/mol. The van der Waals surface area contributed by atoms with Gasteiger partial charge in [0.15, 0.2) is 6.29 Å². The van der Waals surface area contributed by atoms with Crippen LogP contribution in [0.15, 0.2) is 12.2 Å². The van der Waals surface area contributed by atoms with E-state index in [1.54, 1.807) is 0 Å². The molecule has 9 unspecified atom stereocenters. The van der Waals surface area contributed by atoms with E-state index in [4.69, 9.17) is 9.47 Å². The van der Waals surface area contributed by atoms with Crippen LogP contribution in [-0.4, -0.2) is 110 Å². The molecule has 0 bridgehead atoms. The fourth-order valence-electron chi connectivity index (χ4n) is 7.97. The minimum Gasteiger partial charge on any atom is -0.394 e. The summed E-state index contributed by atoms with van der Waals surface area (Å²) >= 11 is 0. The van der Waals surface area contributed by atoms with Gasteiger partial charge in [0.1, 0.15) is 36.6 Å². The lowest BCUT2D eigenvalue weighted by molar-refractivity contribution is -0.303. The third-order valence-electron chi connectivity index (χ3n) is 12.1. The van der Waals surface area contributed by atoms with Gasteiger partial charge in [0, 0.05) is 0 Å². The highest BCUT2D eigenvalue weighted by Gasteiger charge is 2.44. The van der Waals surface area contributed by atoms with Gasteiger partial charge in [0.2, 0.25) is 5.91 Å². The Bertz CT molecular complexity index is 970. The molecule has 9 atom stereocenters. The molecule has 0 radical (unpaired) electrons. The minimum absolute atomic E-state index is 0.258. The van der Waals surface area contributed by atoms with Crippen molar-refractivity contribution in [2.24, 2.45) is 0 Å². The highest BCUT2D eigenvalue weighted by atomic mass is 16.7. The van der Waals surface area contributed by atoms with E-state index in [1.807, 2.05) is 0 Å². The Balaban J connectivity index is 2.44. The quantitative estimate of drug-likeness (QED) is 0.0219. The van der Waals surface area contributed by atoms with Crippen molar-refractivity contribution in [3.63, 3.8) is 0 Å². The number of amides is 1. The van der Waals surface area contributed by atoms with Gasteiger partial charge >= 0.3 is 0 Å². The van der Waals surface area contributed by atoms with Crippen LogP contribution in [0.4, 0.5) is 0 Å². The molecule has 1 rings (SSSR count). The minimum atomic E-state index is -1.66. The Kier molecular flexibility index (Phi) is 36.5. The van der Waals surface area contributed by atoms with Gasteiger partial charge in [-0.3, -0.25) is 4.79 Å². The number of rotatable bonds is 41. The van der Waals surface area contributed by atoms with E-state index in [0.29, 0.717) is 12.8 Å². The summed E-state index contributed by atoms with van der Waals surface area (Å²) in [5.41, 5.74) is 0. The third-order valence-corrected chi connectivity index (χ3v) is 12.1. The number of allylic oxidation sites excluding steroid dienone is 2. The topological polar surface area (TPSA) is 189 Å². The van der Waals surface area contributed by atoms with E-state index in [1.165, 1.54) is 141 Å². The van der Waals surface area contributed by atoms with Gasteiger partial charge in [-0.05, 0) is 38.5 Å². The number of hydrogen-bond donors (Lipinski definition) is 8. The fraction of sp³-hybridized carbons (Fsp3) is 0.938. The lowest BCUT2D eigenvalue weighted by Gasteiger charge is -2.40. The molecule has 0 aromatic rings. The van der Waals surface area contributed by atoms with Gasteiger partial charge < -0.3 is 50.5 Å². The van der Waals surface area contributed by atoms with Crippen LogP contribution in [0.25, 0.3) is 0 Å².